The van der Waals surface area contributed by atoms with Crippen molar-refractivity contribution in [3.8, 4) is 0 Å². The molecule has 4 nitrogen and oxygen atoms in total. The molecule has 2 aliphatic rings. The van der Waals surface area contributed by atoms with Crippen molar-refractivity contribution < 1.29 is 0 Å². The Morgan fingerprint density at radius 1 is 1.32 bits per heavy atom. The molecule has 0 aliphatic carbocycles. The number of nitrogens with zero attached hydrogens (tertiary/aromatic N) is 3. The summed E-state index contributed by atoms with van der Waals surface area (Å²) in [5.41, 5.74) is 7.34. The third kappa shape index (κ3) is 2.70. The number of imidazole rings is 1. The maximum absolute atomic E-state index is 6.04. The molecule has 0 amide bonds. The molecule has 2 unspecified atom stereocenters. The summed E-state index contributed by atoms with van der Waals surface area (Å²) in [6.45, 7) is 7.94. The molecule has 0 aromatic carbocycles. The maximum Gasteiger partial charge on any atom is 0.109 e. The van der Waals surface area contributed by atoms with E-state index in [-0.39, 0.29) is 0 Å². The first-order valence-electron chi connectivity index (χ1n) is 7.69. The molecular weight excluding hydrogens is 236 g/mol. The van der Waals surface area contributed by atoms with Gasteiger partial charge in [-0.1, -0.05) is 0 Å². The molecule has 0 saturated carbocycles. The summed E-state index contributed by atoms with van der Waals surface area (Å²) in [4.78, 5) is 7.46. The minimum absolute atomic E-state index is 0.313. The van der Waals surface area contributed by atoms with Crippen molar-refractivity contribution in [3.63, 3.8) is 0 Å². The summed E-state index contributed by atoms with van der Waals surface area (Å²) in [6.07, 6.45) is 6.97. The van der Waals surface area contributed by atoms with Gasteiger partial charge in [-0.25, -0.2) is 4.98 Å². The molecule has 106 valence electrons. The van der Waals surface area contributed by atoms with Gasteiger partial charge < -0.3 is 15.2 Å². The fraction of sp³-hybridized carbons (Fsp3) is 0.800. The molecule has 0 radical (unpaired) electrons. The third-order valence-corrected chi connectivity index (χ3v) is 4.65. The van der Waals surface area contributed by atoms with Crippen molar-refractivity contribution in [2.45, 2.75) is 64.1 Å². The van der Waals surface area contributed by atoms with E-state index >= 15 is 0 Å². The van der Waals surface area contributed by atoms with E-state index in [1.54, 1.807) is 0 Å². The SMILES string of the molecule is CC(C)N1CCCC(c2cn3c(n2)CCC(N)C3)C1. The van der Waals surface area contributed by atoms with Crippen LogP contribution in [0.4, 0.5) is 0 Å². The van der Waals surface area contributed by atoms with Crippen molar-refractivity contribution in [2.75, 3.05) is 13.1 Å². The second-order valence-corrected chi connectivity index (χ2v) is 6.46. The second kappa shape index (κ2) is 5.25. The van der Waals surface area contributed by atoms with Gasteiger partial charge in [-0.05, 0) is 39.7 Å². The number of hydrogen-bond donors (Lipinski definition) is 1. The Labute approximate surface area is 116 Å². The highest BCUT2D eigenvalue weighted by Gasteiger charge is 2.26. The van der Waals surface area contributed by atoms with Gasteiger partial charge in [-0.15, -0.1) is 0 Å². The Morgan fingerprint density at radius 2 is 2.16 bits per heavy atom. The highest BCUT2D eigenvalue weighted by atomic mass is 15.2. The van der Waals surface area contributed by atoms with Gasteiger partial charge in [0.1, 0.15) is 5.82 Å². The van der Waals surface area contributed by atoms with Crippen LogP contribution in [0, 0.1) is 0 Å². The third-order valence-electron chi connectivity index (χ3n) is 4.65. The van der Waals surface area contributed by atoms with Crippen molar-refractivity contribution in [2.24, 2.45) is 5.73 Å². The van der Waals surface area contributed by atoms with Crippen LogP contribution in [-0.2, 0) is 13.0 Å². The summed E-state index contributed by atoms with van der Waals surface area (Å²) in [7, 11) is 0. The van der Waals surface area contributed by atoms with Gasteiger partial charge in [0.15, 0.2) is 0 Å². The summed E-state index contributed by atoms with van der Waals surface area (Å²) in [5, 5.41) is 0. The number of aryl methyl sites for hydroxylation is 1. The number of piperidine rings is 1. The number of aromatic nitrogens is 2. The molecule has 0 bridgehead atoms. The summed E-state index contributed by atoms with van der Waals surface area (Å²) >= 11 is 0. The van der Waals surface area contributed by atoms with E-state index in [4.69, 9.17) is 10.7 Å². The first-order chi connectivity index (χ1) is 9.13. The molecule has 1 aromatic heterocycles. The molecule has 19 heavy (non-hydrogen) atoms. The first kappa shape index (κ1) is 13.1. The number of nitrogens with two attached hydrogens (primary N) is 1. The minimum atomic E-state index is 0.313. The van der Waals surface area contributed by atoms with Crippen LogP contribution in [0.3, 0.4) is 0 Å². The molecule has 1 saturated heterocycles. The topological polar surface area (TPSA) is 47.1 Å². The molecule has 2 aliphatic heterocycles. The molecule has 3 rings (SSSR count). The van der Waals surface area contributed by atoms with E-state index in [0.717, 1.165) is 19.4 Å². The standard InChI is InChI=1S/C15H26N4/c1-11(2)18-7-3-4-12(8-18)14-10-19-9-13(16)5-6-15(19)17-14/h10-13H,3-9,16H2,1-2H3. The average molecular weight is 262 g/mol. The van der Waals surface area contributed by atoms with E-state index in [2.05, 4.69) is 29.5 Å². The van der Waals surface area contributed by atoms with Crippen LogP contribution < -0.4 is 5.73 Å². The van der Waals surface area contributed by atoms with Crippen molar-refractivity contribution in [3.05, 3.63) is 17.7 Å². The van der Waals surface area contributed by atoms with E-state index in [0.29, 0.717) is 18.0 Å². The van der Waals surface area contributed by atoms with Crippen LogP contribution >= 0.6 is 0 Å². The summed E-state index contributed by atoms with van der Waals surface area (Å²) in [5.74, 6) is 1.86. The lowest BCUT2D eigenvalue weighted by Gasteiger charge is -2.34. The van der Waals surface area contributed by atoms with Crippen molar-refractivity contribution in [1.82, 2.24) is 14.5 Å². The van der Waals surface area contributed by atoms with E-state index < -0.39 is 0 Å². The molecule has 3 heterocycles. The minimum Gasteiger partial charge on any atom is -0.333 e. The first-order valence-corrected chi connectivity index (χ1v) is 7.69. The summed E-state index contributed by atoms with van der Waals surface area (Å²) in [6, 6.07) is 0.960. The molecule has 2 N–H and O–H groups in total. The Balaban J connectivity index is 1.75. The lowest BCUT2D eigenvalue weighted by molar-refractivity contribution is 0.166. The van der Waals surface area contributed by atoms with Gasteiger partial charge in [0.2, 0.25) is 0 Å². The number of hydrogen-bond acceptors (Lipinski definition) is 3. The van der Waals surface area contributed by atoms with Gasteiger partial charge in [-0.3, -0.25) is 0 Å². The molecule has 1 aromatic rings. The van der Waals surface area contributed by atoms with Gasteiger partial charge in [0.05, 0.1) is 5.69 Å². The Bertz CT molecular complexity index is 437. The molecule has 1 fully saturated rings. The highest BCUT2D eigenvalue weighted by molar-refractivity contribution is 5.13. The van der Waals surface area contributed by atoms with Crippen LogP contribution in [0.5, 0.6) is 0 Å². The number of fused-ring (bicyclic) bond motifs is 1. The van der Waals surface area contributed by atoms with Crippen LogP contribution in [0.15, 0.2) is 6.20 Å². The van der Waals surface area contributed by atoms with Crippen LogP contribution in [-0.4, -0.2) is 39.6 Å². The van der Waals surface area contributed by atoms with Crippen molar-refractivity contribution >= 4 is 0 Å². The van der Waals surface area contributed by atoms with Crippen LogP contribution in [0.25, 0.3) is 0 Å². The van der Waals surface area contributed by atoms with Crippen LogP contribution in [0.1, 0.15) is 50.5 Å². The quantitative estimate of drug-likeness (QED) is 0.883. The van der Waals surface area contributed by atoms with E-state index in [1.165, 1.54) is 37.4 Å². The maximum atomic E-state index is 6.04. The van der Waals surface area contributed by atoms with E-state index in [9.17, 15) is 0 Å². The second-order valence-electron chi connectivity index (χ2n) is 6.46. The largest absolute Gasteiger partial charge is 0.333 e. The van der Waals surface area contributed by atoms with Gasteiger partial charge in [0.25, 0.3) is 0 Å². The normalized spacial score (nSPS) is 28.6. The molecule has 2 atom stereocenters. The Hall–Kier alpha value is -0.870. The average Bonchev–Trinajstić information content (AvgIpc) is 2.81. The van der Waals surface area contributed by atoms with E-state index in [1.807, 2.05) is 0 Å². The highest BCUT2D eigenvalue weighted by Crippen LogP contribution is 2.28. The monoisotopic (exact) mass is 262 g/mol. The van der Waals surface area contributed by atoms with Gasteiger partial charge in [0, 0.05) is 43.7 Å². The Kier molecular flexibility index (Phi) is 3.63. The van der Waals surface area contributed by atoms with Crippen molar-refractivity contribution in [1.29, 1.82) is 0 Å². The smallest absolute Gasteiger partial charge is 0.109 e. The van der Waals surface area contributed by atoms with Gasteiger partial charge in [-0.2, -0.15) is 0 Å². The summed E-state index contributed by atoms with van der Waals surface area (Å²) < 4.78 is 2.29. The predicted octanol–water partition coefficient (Wildman–Crippen LogP) is 1.74. The number of likely N-dealkylation sites (tertiary alicyclic amines) is 1. The predicted molar refractivity (Wildman–Crippen MR) is 77.2 cm³/mol. The fourth-order valence-electron chi connectivity index (χ4n) is 3.41. The van der Waals surface area contributed by atoms with Crippen LogP contribution in [0.2, 0.25) is 0 Å². The fourth-order valence-corrected chi connectivity index (χ4v) is 3.41. The number of rotatable bonds is 2. The zero-order valence-corrected chi connectivity index (χ0v) is 12.2. The molecule has 4 heteroatoms. The Morgan fingerprint density at radius 3 is 2.95 bits per heavy atom. The molecule has 0 spiro atoms. The van der Waals surface area contributed by atoms with Gasteiger partial charge >= 0.3 is 0 Å². The molecular formula is C15H26N4. The zero-order chi connectivity index (χ0) is 13.4. The zero-order valence-electron chi connectivity index (χ0n) is 12.2. The lowest BCUT2D eigenvalue weighted by Crippen LogP contribution is -2.39. The lowest BCUT2D eigenvalue weighted by atomic mass is 9.94.